The predicted octanol–water partition coefficient (Wildman–Crippen LogP) is 1.68. The van der Waals surface area contributed by atoms with Gasteiger partial charge in [0, 0.05) is 6.54 Å². The first-order valence-electron chi connectivity index (χ1n) is 5.45. The summed E-state index contributed by atoms with van der Waals surface area (Å²) in [7, 11) is 0. The summed E-state index contributed by atoms with van der Waals surface area (Å²) in [6.07, 6.45) is 0. The van der Waals surface area contributed by atoms with Crippen molar-refractivity contribution in [1.82, 2.24) is 9.78 Å². The number of carboxylic acids is 1. The van der Waals surface area contributed by atoms with Gasteiger partial charge in [-0.15, -0.1) is 0 Å². The monoisotopic (exact) mass is 234 g/mol. The van der Waals surface area contributed by atoms with E-state index < -0.39 is 5.97 Å². The summed E-state index contributed by atoms with van der Waals surface area (Å²) < 4.78 is 1.76. The standard InChI is InChI=1S/C12H14N2O3/c1-7(2)6-14-10-4-3-8(12(16)17)5-9(10)11(15)13-14/h3-5,7H,6H2,1-2H3,(H,13,15)(H,16,17). The van der Waals surface area contributed by atoms with Crippen molar-refractivity contribution < 1.29 is 9.90 Å². The van der Waals surface area contributed by atoms with E-state index in [-0.39, 0.29) is 11.1 Å². The first kappa shape index (κ1) is 11.4. The molecule has 0 amide bonds. The van der Waals surface area contributed by atoms with E-state index in [0.29, 0.717) is 17.8 Å². The maximum Gasteiger partial charge on any atom is 0.335 e. The van der Waals surface area contributed by atoms with Crippen molar-refractivity contribution in [1.29, 1.82) is 0 Å². The van der Waals surface area contributed by atoms with Gasteiger partial charge in [0.25, 0.3) is 5.56 Å². The highest BCUT2D eigenvalue weighted by molar-refractivity contribution is 5.93. The average molecular weight is 234 g/mol. The Bertz CT molecular complexity index is 622. The largest absolute Gasteiger partial charge is 0.478 e. The van der Waals surface area contributed by atoms with Crippen LogP contribution in [-0.2, 0) is 6.54 Å². The van der Waals surface area contributed by atoms with Crippen LogP contribution in [0.5, 0.6) is 0 Å². The van der Waals surface area contributed by atoms with Gasteiger partial charge in [0.05, 0.1) is 16.5 Å². The van der Waals surface area contributed by atoms with Crippen molar-refractivity contribution >= 4 is 16.9 Å². The van der Waals surface area contributed by atoms with E-state index >= 15 is 0 Å². The minimum atomic E-state index is -1.03. The zero-order valence-electron chi connectivity index (χ0n) is 9.73. The Labute approximate surface area is 97.7 Å². The molecule has 0 saturated heterocycles. The van der Waals surface area contributed by atoms with E-state index in [1.54, 1.807) is 10.7 Å². The van der Waals surface area contributed by atoms with Gasteiger partial charge in [-0.25, -0.2) is 4.79 Å². The number of carbonyl (C=O) groups is 1. The molecule has 5 heteroatoms. The minimum absolute atomic E-state index is 0.130. The second-order valence-corrected chi connectivity index (χ2v) is 4.48. The molecule has 0 aliphatic heterocycles. The zero-order chi connectivity index (χ0) is 12.6. The molecular weight excluding hydrogens is 220 g/mol. The fourth-order valence-corrected chi connectivity index (χ4v) is 1.84. The van der Waals surface area contributed by atoms with Crippen LogP contribution in [0, 0.1) is 5.92 Å². The number of nitrogens with zero attached hydrogens (tertiary/aromatic N) is 1. The van der Waals surface area contributed by atoms with E-state index in [2.05, 4.69) is 18.9 Å². The molecule has 5 nitrogen and oxygen atoms in total. The number of H-pyrrole nitrogens is 1. The minimum Gasteiger partial charge on any atom is -0.478 e. The Balaban J connectivity index is 2.61. The van der Waals surface area contributed by atoms with Crippen LogP contribution in [-0.4, -0.2) is 20.9 Å². The van der Waals surface area contributed by atoms with Gasteiger partial charge in [0.15, 0.2) is 0 Å². The molecule has 1 aromatic carbocycles. The van der Waals surface area contributed by atoms with E-state index in [0.717, 1.165) is 5.52 Å². The maximum atomic E-state index is 11.7. The molecule has 0 saturated carbocycles. The fourth-order valence-electron chi connectivity index (χ4n) is 1.84. The van der Waals surface area contributed by atoms with Crippen LogP contribution in [0.3, 0.4) is 0 Å². The maximum absolute atomic E-state index is 11.7. The SMILES string of the molecule is CC(C)Cn1[nH]c(=O)c2cc(C(=O)O)ccc21. The second-order valence-electron chi connectivity index (χ2n) is 4.48. The summed E-state index contributed by atoms with van der Waals surface area (Å²) in [5.41, 5.74) is 0.628. The Kier molecular flexibility index (Phi) is 2.75. The van der Waals surface area contributed by atoms with E-state index in [1.165, 1.54) is 12.1 Å². The number of hydrogen-bond donors (Lipinski definition) is 2. The summed E-state index contributed by atoms with van der Waals surface area (Å²) in [6.45, 7) is 4.80. The number of benzene rings is 1. The molecule has 90 valence electrons. The summed E-state index contributed by atoms with van der Waals surface area (Å²) in [4.78, 5) is 22.5. The Morgan fingerprint density at radius 1 is 1.47 bits per heavy atom. The third-order valence-electron chi connectivity index (χ3n) is 2.56. The first-order chi connectivity index (χ1) is 7.99. The van der Waals surface area contributed by atoms with Crippen LogP contribution in [0.25, 0.3) is 10.9 Å². The van der Waals surface area contributed by atoms with Gasteiger partial charge in [-0.3, -0.25) is 14.6 Å². The normalized spacial score (nSPS) is 11.2. The highest BCUT2D eigenvalue weighted by Gasteiger charge is 2.10. The van der Waals surface area contributed by atoms with Crippen molar-refractivity contribution in [3.05, 3.63) is 34.1 Å². The number of rotatable bonds is 3. The topological polar surface area (TPSA) is 75.1 Å². The molecular formula is C12H14N2O3. The molecule has 0 spiro atoms. The molecule has 0 unspecified atom stereocenters. The Morgan fingerprint density at radius 3 is 2.76 bits per heavy atom. The van der Waals surface area contributed by atoms with Gasteiger partial charge in [-0.1, -0.05) is 13.8 Å². The molecule has 0 bridgehead atoms. The number of aromatic nitrogens is 2. The van der Waals surface area contributed by atoms with Gasteiger partial charge in [-0.05, 0) is 24.1 Å². The van der Waals surface area contributed by atoms with Gasteiger partial charge in [-0.2, -0.15) is 0 Å². The zero-order valence-corrected chi connectivity index (χ0v) is 9.73. The van der Waals surface area contributed by atoms with Gasteiger partial charge >= 0.3 is 5.97 Å². The van der Waals surface area contributed by atoms with Crippen molar-refractivity contribution in [2.45, 2.75) is 20.4 Å². The van der Waals surface area contributed by atoms with Gasteiger partial charge < -0.3 is 5.11 Å². The number of aromatic amines is 1. The molecule has 0 atom stereocenters. The lowest BCUT2D eigenvalue weighted by atomic mass is 10.1. The van der Waals surface area contributed by atoms with E-state index in [4.69, 9.17) is 5.11 Å². The Morgan fingerprint density at radius 2 is 2.18 bits per heavy atom. The van der Waals surface area contributed by atoms with Crippen LogP contribution in [0.2, 0.25) is 0 Å². The molecule has 2 aromatic rings. The number of fused-ring (bicyclic) bond motifs is 1. The van der Waals surface area contributed by atoms with Crippen molar-refractivity contribution in [3.63, 3.8) is 0 Å². The molecule has 1 heterocycles. The number of hydrogen-bond acceptors (Lipinski definition) is 2. The van der Waals surface area contributed by atoms with Crippen molar-refractivity contribution in [2.75, 3.05) is 0 Å². The van der Waals surface area contributed by atoms with Crippen LogP contribution in [0.4, 0.5) is 0 Å². The van der Waals surface area contributed by atoms with Crippen LogP contribution in [0.15, 0.2) is 23.0 Å². The first-order valence-corrected chi connectivity index (χ1v) is 5.45. The van der Waals surface area contributed by atoms with E-state index in [9.17, 15) is 9.59 Å². The molecule has 2 rings (SSSR count). The smallest absolute Gasteiger partial charge is 0.335 e. The van der Waals surface area contributed by atoms with Crippen LogP contribution >= 0.6 is 0 Å². The summed E-state index contributed by atoms with van der Waals surface area (Å²) in [6, 6.07) is 4.58. The van der Waals surface area contributed by atoms with Crippen molar-refractivity contribution in [2.24, 2.45) is 5.92 Å². The average Bonchev–Trinajstić information content (AvgIpc) is 2.54. The molecule has 0 fully saturated rings. The molecule has 17 heavy (non-hydrogen) atoms. The van der Waals surface area contributed by atoms with Gasteiger partial charge in [0.1, 0.15) is 0 Å². The summed E-state index contributed by atoms with van der Waals surface area (Å²) in [5, 5.41) is 12.0. The summed E-state index contributed by atoms with van der Waals surface area (Å²) >= 11 is 0. The van der Waals surface area contributed by atoms with Crippen molar-refractivity contribution in [3.8, 4) is 0 Å². The lowest BCUT2D eigenvalue weighted by Gasteiger charge is -2.07. The second kappa shape index (κ2) is 4.08. The third kappa shape index (κ3) is 2.08. The van der Waals surface area contributed by atoms with Crippen LogP contribution in [0.1, 0.15) is 24.2 Å². The summed E-state index contributed by atoms with van der Waals surface area (Å²) in [5.74, 6) is -0.622. The molecule has 1 aromatic heterocycles. The van der Waals surface area contributed by atoms with Gasteiger partial charge in [0.2, 0.25) is 0 Å². The fraction of sp³-hybridized carbons (Fsp3) is 0.333. The third-order valence-corrected chi connectivity index (χ3v) is 2.56. The number of carboxylic acid groups (broad SMARTS) is 1. The molecule has 0 aliphatic rings. The lowest BCUT2D eigenvalue weighted by Crippen LogP contribution is -2.09. The lowest BCUT2D eigenvalue weighted by molar-refractivity contribution is 0.0697. The quantitative estimate of drug-likeness (QED) is 0.848. The molecule has 2 N–H and O–H groups in total. The van der Waals surface area contributed by atoms with Crippen LogP contribution < -0.4 is 5.56 Å². The molecule has 0 aliphatic carbocycles. The van der Waals surface area contributed by atoms with E-state index in [1.807, 2.05) is 0 Å². The highest BCUT2D eigenvalue weighted by Crippen LogP contribution is 2.13. The number of aromatic carboxylic acids is 1. The predicted molar refractivity (Wildman–Crippen MR) is 64.4 cm³/mol. The molecule has 0 radical (unpaired) electrons. The number of nitrogens with one attached hydrogen (secondary N) is 1. The highest BCUT2D eigenvalue weighted by atomic mass is 16.4. The Hall–Kier alpha value is -2.04.